The molecule has 2 fully saturated rings. The smallest absolute Gasteiger partial charge is 0.325 e. The molecule has 1 heterocycles. The van der Waals surface area contributed by atoms with Crippen LogP contribution in [-0.2, 0) is 9.59 Å². The number of likely N-dealkylation sites (N-methyl/N-ethyl adjacent to an activating group) is 1. The van der Waals surface area contributed by atoms with Gasteiger partial charge in [-0.05, 0) is 44.4 Å². The van der Waals surface area contributed by atoms with Crippen LogP contribution < -0.4 is 5.32 Å². The second kappa shape index (κ2) is 7.53. The van der Waals surface area contributed by atoms with E-state index < -0.39 is 11.6 Å². The van der Waals surface area contributed by atoms with Gasteiger partial charge in [-0.1, -0.05) is 27.2 Å². The number of hydrogen-bond donors (Lipinski definition) is 1. The standard InChI is InChI=1S/C18H31N3O3/c1-5-7-8-20(6-2)15(22)12-21-16(23)18(19-17(21)24)10-13(3)9-14(4)11-18/h13-14H,5-12H2,1-4H3,(H,19,24)/t13-,14-/m0/s1. The predicted molar refractivity (Wildman–Crippen MR) is 92.3 cm³/mol. The summed E-state index contributed by atoms with van der Waals surface area (Å²) in [7, 11) is 0. The van der Waals surface area contributed by atoms with Crippen LogP contribution in [0.3, 0.4) is 0 Å². The predicted octanol–water partition coefficient (Wildman–Crippen LogP) is 2.38. The van der Waals surface area contributed by atoms with Crippen molar-refractivity contribution in [1.29, 1.82) is 0 Å². The first-order valence-electron chi connectivity index (χ1n) is 9.24. The van der Waals surface area contributed by atoms with Gasteiger partial charge in [-0.3, -0.25) is 14.5 Å². The van der Waals surface area contributed by atoms with E-state index in [9.17, 15) is 14.4 Å². The number of unbranched alkanes of at least 4 members (excludes halogenated alkanes) is 1. The van der Waals surface area contributed by atoms with Crippen LogP contribution in [0, 0.1) is 11.8 Å². The number of imide groups is 1. The average molecular weight is 337 g/mol. The quantitative estimate of drug-likeness (QED) is 0.757. The Morgan fingerprint density at radius 1 is 1.25 bits per heavy atom. The van der Waals surface area contributed by atoms with Crippen LogP contribution in [0.5, 0.6) is 0 Å². The molecule has 1 saturated heterocycles. The molecule has 0 bridgehead atoms. The van der Waals surface area contributed by atoms with Crippen LogP contribution in [0.2, 0.25) is 0 Å². The van der Waals surface area contributed by atoms with Crippen molar-refractivity contribution >= 4 is 17.8 Å². The first-order valence-corrected chi connectivity index (χ1v) is 9.24. The van der Waals surface area contributed by atoms with E-state index in [0.717, 1.165) is 24.2 Å². The van der Waals surface area contributed by atoms with E-state index in [4.69, 9.17) is 0 Å². The molecule has 1 aliphatic heterocycles. The zero-order valence-corrected chi connectivity index (χ0v) is 15.4. The van der Waals surface area contributed by atoms with Gasteiger partial charge < -0.3 is 10.2 Å². The Hall–Kier alpha value is -1.59. The highest BCUT2D eigenvalue weighted by Gasteiger charge is 2.54. The highest BCUT2D eigenvalue weighted by molar-refractivity contribution is 6.09. The number of nitrogens with zero attached hydrogens (tertiary/aromatic N) is 2. The van der Waals surface area contributed by atoms with E-state index in [1.165, 1.54) is 0 Å². The fourth-order valence-corrected chi connectivity index (χ4v) is 4.27. The van der Waals surface area contributed by atoms with Crippen LogP contribution in [0.1, 0.15) is 59.8 Å². The maximum atomic E-state index is 12.9. The SMILES string of the molecule is CCCCN(CC)C(=O)CN1C(=O)NC2(C[C@@H](C)C[C@H](C)C2)C1=O. The summed E-state index contributed by atoms with van der Waals surface area (Å²) >= 11 is 0. The number of nitrogens with one attached hydrogen (secondary N) is 1. The molecule has 24 heavy (non-hydrogen) atoms. The van der Waals surface area contributed by atoms with Gasteiger partial charge in [0.1, 0.15) is 12.1 Å². The minimum atomic E-state index is -0.797. The molecule has 4 amide bonds. The summed E-state index contributed by atoms with van der Waals surface area (Å²) in [5.74, 6) is 0.421. The lowest BCUT2D eigenvalue weighted by molar-refractivity contribution is -0.140. The average Bonchev–Trinajstić information content (AvgIpc) is 2.71. The number of urea groups is 1. The van der Waals surface area contributed by atoms with Gasteiger partial charge in [-0.15, -0.1) is 0 Å². The van der Waals surface area contributed by atoms with E-state index in [1.54, 1.807) is 4.90 Å². The summed E-state index contributed by atoms with van der Waals surface area (Å²) in [4.78, 5) is 40.6. The number of rotatable bonds is 6. The highest BCUT2D eigenvalue weighted by atomic mass is 16.2. The van der Waals surface area contributed by atoms with Crippen molar-refractivity contribution in [3.05, 3.63) is 0 Å². The molecule has 1 saturated carbocycles. The topological polar surface area (TPSA) is 69.7 Å². The first-order chi connectivity index (χ1) is 11.3. The minimum Gasteiger partial charge on any atom is -0.341 e. The molecule has 1 N–H and O–H groups in total. The Morgan fingerprint density at radius 3 is 2.42 bits per heavy atom. The fourth-order valence-electron chi connectivity index (χ4n) is 4.27. The summed E-state index contributed by atoms with van der Waals surface area (Å²) in [6, 6.07) is -0.416. The van der Waals surface area contributed by atoms with Crippen molar-refractivity contribution in [3.8, 4) is 0 Å². The molecule has 6 heteroatoms. The molecule has 2 aliphatic rings. The van der Waals surface area contributed by atoms with Crippen LogP contribution in [0.4, 0.5) is 4.79 Å². The Labute approximate surface area is 144 Å². The monoisotopic (exact) mass is 337 g/mol. The number of hydrogen-bond acceptors (Lipinski definition) is 3. The van der Waals surface area contributed by atoms with Crippen LogP contribution in [0.15, 0.2) is 0 Å². The van der Waals surface area contributed by atoms with Gasteiger partial charge in [0.2, 0.25) is 5.91 Å². The second-order valence-corrected chi connectivity index (χ2v) is 7.58. The van der Waals surface area contributed by atoms with E-state index >= 15 is 0 Å². The van der Waals surface area contributed by atoms with Crippen LogP contribution >= 0.6 is 0 Å². The highest BCUT2D eigenvalue weighted by Crippen LogP contribution is 2.39. The number of carbonyl (C=O) groups excluding carboxylic acids is 3. The fraction of sp³-hybridized carbons (Fsp3) is 0.833. The van der Waals surface area contributed by atoms with Crippen molar-refractivity contribution in [3.63, 3.8) is 0 Å². The van der Waals surface area contributed by atoms with E-state index in [0.29, 0.717) is 37.8 Å². The van der Waals surface area contributed by atoms with Crippen LogP contribution in [0.25, 0.3) is 0 Å². The molecule has 136 valence electrons. The maximum absolute atomic E-state index is 12.9. The van der Waals surface area contributed by atoms with Gasteiger partial charge in [0.05, 0.1) is 0 Å². The molecule has 0 aromatic carbocycles. The lowest BCUT2D eigenvalue weighted by Crippen LogP contribution is -2.52. The summed E-state index contributed by atoms with van der Waals surface area (Å²) in [6.07, 6.45) is 4.34. The third-order valence-electron chi connectivity index (χ3n) is 5.25. The van der Waals surface area contributed by atoms with Gasteiger partial charge in [-0.25, -0.2) is 4.79 Å². The molecule has 2 rings (SSSR count). The lowest BCUT2D eigenvalue weighted by Gasteiger charge is -2.38. The van der Waals surface area contributed by atoms with Crippen LogP contribution in [-0.4, -0.2) is 52.8 Å². The molecular weight excluding hydrogens is 306 g/mol. The maximum Gasteiger partial charge on any atom is 0.325 e. The van der Waals surface area contributed by atoms with E-state index in [2.05, 4.69) is 26.1 Å². The molecule has 2 atom stereocenters. The van der Waals surface area contributed by atoms with Gasteiger partial charge in [-0.2, -0.15) is 0 Å². The molecular formula is C18H31N3O3. The largest absolute Gasteiger partial charge is 0.341 e. The van der Waals surface area contributed by atoms with E-state index in [-0.39, 0.29) is 18.4 Å². The minimum absolute atomic E-state index is 0.146. The summed E-state index contributed by atoms with van der Waals surface area (Å²) < 4.78 is 0. The normalized spacial score (nSPS) is 29.9. The van der Waals surface area contributed by atoms with Crippen molar-refractivity contribution in [2.45, 2.75) is 65.3 Å². The summed E-state index contributed by atoms with van der Waals surface area (Å²) in [5, 5.41) is 2.90. The Balaban J connectivity index is 2.07. The third-order valence-corrected chi connectivity index (χ3v) is 5.25. The van der Waals surface area contributed by atoms with Crippen molar-refractivity contribution < 1.29 is 14.4 Å². The molecule has 1 aliphatic carbocycles. The Bertz CT molecular complexity index is 496. The molecule has 0 aromatic rings. The van der Waals surface area contributed by atoms with Gasteiger partial charge >= 0.3 is 6.03 Å². The van der Waals surface area contributed by atoms with Crippen molar-refractivity contribution in [2.24, 2.45) is 11.8 Å². The molecule has 1 spiro atoms. The number of amides is 4. The Morgan fingerprint density at radius 2 is 1.88 bits per heavy atom. The van der Waals surface area contributed by atoms with Gasteiger partial charge in [0.15, 0.2) is 0 Å². The zero-order chi connectivity index (χ0) is 17.9. The Kier molecular flexibility index (Phi) is 5.88. The van der Waals surface area contributed by atoms with Gasteiger partial charge in [0, 0.05) is 13.1 Å². The summed E-state index contributed by atoms with van der Waals surface area (Å²) in [6.45, 7) is 9.36. The summed E-state index contributed by atoms with van der Waals surface area (Å²) in [5.41, 5.74) is -0.797. The van der Waals surface area contributed by atoms with Crippen molar-refractivity contribution in [1.82, 2.24) is 15.1 Å². The van der Waals surface area contributed by atoms with E-state index in [1.807, 2.05) is 6.92 Å². The lowest BCUT2D eigenvalue weighted by atomic mass is 9.71. The van der Waals surface area contributed by atoms with Gasteiger partial charge in [0.25, 0.3) is 5.91 Å². The second-order valence-electron chi connectivity index (χ2n) is 7.58. The molecule has 0 unspecified atom stereocenters. The third kappa shape index (κ3) is 3.73. The first kappa shape index (κ1) is 18.7. The van der Waals surface area contributed by atoms with Crippen molar-refractivity contribution in [2.75, 3.05) is 19.6 Å². The molecule has 6 nitrogen and oxygen atoms in total. The molecule has 0 aromatic heterocycles. The zero-order valence-electron chi connectivity index (χ0n) is 15.4. The molecule has 0 radical (unpaired) electrons. The number of carbonyl (C=O) groups is 3.